The summed E-state index contributed by atoms with van der Waals surface area (Å²) in [4.78, 5) is 13.8. The third-order valence-electron chi connectivity index (χ3n) is 1.59. The molecule has 0 spiro atoms. The molecule has 0 aromatic heterocycles. The summed E-state index contributed by atoms with van der Waals surface area (Å²) < 4.78 is 0. The van der Waals surface area contributed by atoms with Crippen LogP contribution in [0.25, 0.3) is 0 Å². The predicted octanol–water partition coefficient (Wildman–Crippen LogP) is 1.12. The number of amides is 1. The molecule has 0 aliphatic carbocycles. The molecule has 0 bridgehead atoms. The molecule has 1 unspecified atom stereocenters. The molecule has 0 aromatic carbocycles. The van der Waals surface area contributed by atoms with Crippen molar-refractivity contribution in [3.8, 4) is 0 Å². The van der Waals surface area contributed by atoms with Crippen LogP contribution in [-0.2, 0) is 4.79 Å². The first-order valence-electron chi connectivity index (χ1n) is 4.02. The third kappa shape index (κ3) is 3.88. The number of nitrogens with zero attached hydrogens (tertiary/aromatic N) is 1. The van der Waals surface area contributed by atoms with E-state index in [2.05, 4.69) is 4.99 Å². The van der Waals surface area contributed by atoms with E-state index in [4.69, 9.17) is 5.73 Å². The maximum atomic E-state index is 10.1. The fourth-order valence-corrected chi connectivity index (χ4v) is 0.905. The predicted molar refractivity (Wildman–Crippen MR) is 46.7 cm³/mol. The van der Waals surface area contributed by atoms with Crippen molar-refractivity contribution in [3.05, 3.63) is 0 Å². The number of nitrogens with two attached hydrogens (primary N) is 1. The van der Waals surface area contributed by atoms with Gasteiger partial charge in [0.1, 0.15) is 0 Å². The van der Waals surface area contributed by atoms with Gasteiger partial charge in [0, 0.05) is 11.8 Å². The second-order valence-corrected chi connectivity index (χ2v) is 2.49. The van der Waals surface area contributed by atoms with Crippen molar-refractivity contribution in [1.82, 2.24) is 0 Å². The average Bonchev–Trinajstić information content (AvgIpc) is 2.03. The topological polar surface area (TPSA) is 55.5 Å². The zero-order valence-corrected chi connectivity index (χ0v) is 7.21. The van der Waals surface area contributed by atoms with Crippen LogP contribution in [0.2, 0.25) is 0 Å². The lowest BCUT2D eigenvalue weighted by Gasteiger charge is -2.09. The molecule has 64 valence electrons. The Morgan fingerprint density at radius 2 is 2.27 bits per heavy atom. The molecule has 0 fully saturated rings. The van der Waals surface area contributed by atoms with E-state index in [1.54, 1.807) is 0 Å². The zero-order valence-electron chi connectivity index (χ0n) is 7.21. The molecule has 0 heterocycles. The second kappa shape index (κ2) is 6.04. The number of carbonyl (C=O) groups is 1. The summed E-state index contributed by atoms with van der Waals surface area (Å²) in [7, 11) is 0. The third-order valence-corrected chi connectivity index (χ3v) is 1.59. The Bertz CT molecular complexity index is 143. The quantitative estimate of drug-likeness (QED) is 0.479. The molecule has 0 rings (SSSR count). The van der Waals surface area contributed by atoms with Gasteiger partial charge < -0.3 is 5.73 Å². The Balaban J connectivity index is 4.08. The van der Waals surface area contributed by atoms with E-state index in [-0.39, 0.29) is 6.04 Å². The molecule has 0 radical (unpaired) electrons. The highest BCUT2D eigenvalue weighted by Gasteiger charge is 2.06. The monoisotopic (exact) mass is 156 g/mol. The van der Waals surface area contributed by atoms with Gasteiger partial charge in [0.25, 0.3) is 0 Å². The average molecular weight is 156 g/mol. The molecule has 0 saturated carbocycles. The van der Waals surface area contributed by atoms with Gasteiger partial charge in [0.2, 0.25) is 6.41 Å². The summed E-state index contributed by atoms with van der Waals surface area (Å²) in [5.74, 6) is 0. The lowest BCUT2D eigenvalue weighted by molar-refractivity contribution is -0.106. The number of hydrogen-bond acceptors (Lipinski definition) is 2. The van der Waals surface area contributed by atoms with Crippen molar-refractivity contribution in [2.45, 2.75) is 39.2 Å². The maximum absolute atomic E-state index is 10.1. The first-order valence-corrected chi connectivity index (χ1v) is 4.02. The number of rotatable bonds is 5. The van der Waals surface area contributed by atoms with E-state index in [1.165, 1.54) is 0 Å². The van der Waals surface area contributed by atoms with Crippen molar-refractivity contribution in [2.75, 3.05) is 0 Å². The highest BCUT2D eigenvalue weighted by molar-refractivity contribution is 5.93. The molecular formula is C8H16N2O. The van der Waals surface area contributed by atoms with Crippen LogP contribution in [0.15, 0.2) is 4.99 Å². The van der Waals surface area contributed by atoms with Gasteiger partial charge in [-0.15, -0.1) is 0 Å². The van der Waals surface area contributed by atoms with Gasteiger partial charge in [-0.3, -0.25) is 4.79 Å². The molecule has 1 atom stereocenters. The smallest absolute Gasteiger partial charge is 0.232 e. The van der Waals surface area contributed by atoms with E-state index in [9.17, 15) is 4.79 Å². The van der Waals surface area contributed by atoms with Crippen molar-refractivity contribution in [3.63, 3.8) is 0 Å². The number of aliphatic imine (C=N–C) groups is 1. The molecule has 2 N–H and O–H groups in total. The summed E-state index contributed by atoms with van der Waals surface area (Å²) >= 11 is 0. The Morgan fingerprint density at radius 3 is 2.64 bits per heavy atom. The number of carbonyl (C=O) groups excluding carboxylic acids is 1. The molecule has 0 saturated heterocycles. The highest BCUT2D eigenvalue weighted by Crippen LogP contribution is 1.98. The molecule has 11 heavy (non-hydrogen) atoms. The van der Waals surface area contributed by atoms with Crippen LogP contribution in [0.1, 0.15) is 33.1 Å². The number of hydrogen-bond donors (Lipinski definition) is 1. The van der Waals surface area contributed by atoms with E-state index in [1.807, 2.05) is 13.8 Å². The SMILES string of the molecule is CCCC(=NC=O)C(N)CC. The Kier molecular flexibility index (Phi) is 5.65. The minimum Gasteiger partial charge on any atom is -0.323 e. The van der Waals surface area contributed by atoms with Gasteiger partial charge in [-0.1, -0.05) is 20.3 Å². The highest BCUT2D eigenvalue weighted by atomic mass is 16.1. The molecule has 3 nitrogen and oxygen atoms in total. The van der Waals surface area contributed by atoms with E-state index >= 15 is 0 Å². The summed E-state index contributed by atoms with van der Waals surface area (Å²) in [6.45, 7) is 4.03. The van der Waals surface area contributed by atoms with Gasteiger partial charge in [0.05, 0.1) is 0 Å². The van der Waals surface area contributed by atoms with Gasteiger partial charge in [-0.05, 0) is 12.8 Å². The first-order chi connectivity index (χ1) is 5.26. The fraction of sp³-hybridized carbons (Fsp3) is 0.750. The molecule has 1 amide bonds. The molecule has 0 aliphatic rings. The largest absolute Gasteiger partial charge is 0.323 e. The van der Waals surface area contributed by atoms with Crippen LogP contribution in [0.4, 0.5) is 0 Å². The molecule has 3 heteroatoms. The minimum absolute atomic E-state index is 0.0415. The maximum Gasteiger partial charge on any atom is 0.232 e. The van der Waals surface area contributed by atoms with Crippen molar-refractivity contribution in [2.24, 2.45) is 10.7 Å². The molecule has 0 aromatic rings. The van der Waals surface area contributed by atoms with Crippen LogP contribution in [-0.4, -0.2) is 18.2 Å². The Labute approximate surface area is 67.7 Å². The van der Waals surface area contributed by atoms with Crippen molar-refractivity contribution >= 4 is 12.1 Å². The van der Waals surface area contributed by atoms with Crippen LogP contribution >= 0.6 is 0 Å². The van der Waals surface area contributed by atoms with Crippen LogP contribution in [0, 0.1) is 0 Å². The fourth-order valence-electron chi connectivity index (χ4n) is 0.905. The van der Waals surface area contributed by atoms with Crippen molar-refractivity contribution in [1.29, 1.82) is 0 Å². The molecular weight excluding hydrogens is 140 g/mol. The van der Waals surface area contributed by atoms with Crippen molar-refractivity contribution < 1.29 is 4.79 Å². The lowest BCUT2D eigenvalue weighted by atomic mass is 10.1. The van der Waals surface area contributed by atoms with E-state index in [0.29, 0.717) is 6.41 Å². The Morgan fingerprint density at radius 1 is 1.64 bits per heavy atom. The first kappa shape index (κ1) is 10.3. The van der Waals surface area contributed by atoms with Gasteiger partial charge in [0.15, 0.2) is 0 Å². The van der Waals surface area contributed by atoms with Crippen LogP contribution < -0.4 is 5.73 Å². The summed E-state index contributed by atoms with van der Waals surface area (Å²) in [5, 5.41) is 0. The standard InChI is InChI=1S/C8H16N2O/c1-3-5-8(10-6-11)7(9)4-2/h6-7H,3-5,9H2,1-2H3. The summed E-state index contributed by atoms with van der Waals surface area (Å²) in [6, 6.07) is -0.0415. The lowest BCUT2D eigenvalue weighted by Crippen LogP contribution is -2.29. The normalized spacial score (nSPS) is 14.6. The van der Waals surface area contributed by atoms with Crippen LogP contribution in [0.3, 0.4) is 0 Å². The van der Waals surface area contributed by atoms with Gasteiger partial charge in [-0.25, -0.2) is 4.99 Å². The van der Waals surface area contributed by atoms with E-state index < -0.39 is 0 Å². The summed E-state index contributed by atoms with van der Waals surface area (Å²) in [6.07, 6.45) is 3.22. The van der Waals surface area contributed by atoms with E-state index in [0.717, 1.165) is 25.0 Å². The van der Waals surface area contributed by atoms with Crippen LogP contribution in [0.5, 0.6) is 0 Å². The molecule has 0 aliphatic heterocycles. The zero-order chi connectivity index (χ0) is 8.69. The van der Waals surface area contributed by atoms with Gasteiger partial charge in [-0.2, -0.15) is 0 Å². The van der Waals surface area contributed by atoms with Gasteiger partial charge >= 0.3 is 0 Å². The summed E-state index contributed by atoms with van der Waals surface area (Å²) in [5.41, 5.74) is 6.52. The second-order valence-electron chi connectivity index (χ2n) is 2.49. The minimum atomic E-state index is -0.0415. The Hall–Kier alpha value is -0.700.